The highest BCUT2D eigenvalue weighted by Crippen LogP contribution is 2.32. The summed E-state index contributed by atoms with van der Waals surface area (Å²) in [4.78, 5) is 14.9. The molecule has 1 N–H and O–H groups in total. The number of hydrogen-bond acceptors (Lipinski definition) is 3. The van der Waals surface area contributed by atoms with Crippen LogP contribution < -0.4 is 0 Å². The number of carbonyl (C=O) groups is 1. The number of aromatic nitrogens is 2. The zero-order chi connectivity index (χ0) is 15.0. The summed E-state index contributed by atoms with van der Waals surface area (Å²) >= 11 is 6.04. The van der Waals surface area contributed by atoms with Crippen LogP contribution >= 0.6 is 11.6 Å². The molecule has 0 spiro atoms. The summed E-state index contributed by atoms with van der Waals surface area (Å²) in [7, 11) is 0. The number of aliphatic carboxylic acids is 1. The van der Waals surface area contributed by atoms with Gasteiger partial charge in [0.25, 0.3) is 0 Å². The Morgan fingerprint density at radius 3 is 2.90 bits per heavy atom. The second kappa shape index (κ2) is 5.08. The molecule has 0 unspecified atom stereocenters. The maximum Gasteiger partial charge on any atom is 0.305 e. The molecule has 0 bridgehead atoms. The lowest BCUT2D eigenvalue weighted by Gasteiger charge is -2.06. The van der Waals surface area contributed by atoms with Gasteiger partial charge >= 0.3 is 5.97 Å². The van der Waals surface area contributed by atoms with Gasteiger partial charge in [-0.3, -0.25) is 9.78 Å². The molecule has 0 fully saturated rings. The number of halogens is 1. The summed E-state index contributed by atoms with van der Waals surface area (Å²) in [6.45, 7) is 0.287. The molecule has 0 amide bonds. The van der Waals surface area contributed by atoms with Crippen molar-refractivity contribution in [3.05, 3.63) is 41.2 Å². The maximum atomic E-state index is 10.9. The molecule has 3 aromatic rings. The van der Waals surface area contributed by atoms with Crippen LogP contribution in [-0.4, -0.2) is 20.6 Å². The van der Waals surface area contributed by atoms with Gasteiger partial charge in [0.1, 0.15) is 6.07 Å². The number of rotatable bonds is 3. The molecule has 0 aliphatic carbocycles. The van der Waals surface area contributed by atoms with E-state index in [2.05, 4.69) is 11.1 Å². The Morgan fingerprint density at radius 2 is 2.19 bits per heavy atom. The SMILES string of the molecule is N#Cc1cncc2c3cc(Cl)ccc3n(CCC(=O)O)c12. The first-order chi connectivity index (χ1) is 10.1. The van der Waals surface area contributed by atoms with Crippen molar-refractivity contribution < 1.29 is 9.90 Å². The van der Waals surface area contributed by atoms with E-state index >= 15 is 0 Å². The first-order valence-corrected chi connectivity index (χ1v) is 6.67. The molecule has 0 aliphatic heterocycles. The Bertz CT molecular complexity index is 909. The predicted octanol–water partition coefficient (Wildman–Crippen LogP) is 3.19. The molecular weight excluding hydrogens is 290 g/mol. The number of carboxylic acids is 1. The normalized spacial score (nSPS) is 10.9. The van der Waals surface area contributed by atoms with Crippen molar-refractivity contribution in [2.75, 3.05) is 0 Å². The number of benzene rings is 1. The highest BCUT2D eigenvalue weighted by atomic mass is 35.5. The lowest BCUT2D eigenvalue weighted by molar-refractivity contribution is -0.137. The number of nitriles is 1. The molecule has 0 aliphatic rings. The molecule has 0 radical (unpaired) electrons. The van der Waals surface area contributed by atoms with Gasteiger partial charge in [-0.2, -0.15) is 5.26 Å². The number of nitrogens with zero attached hydrogens (tertiary/aromatic N) is 3. The van der Waals surface area contributed by atoms with E-state index < -0.39 is 5.97 Å². The van der Waals surface area contributed by atoms with Crippen LogP contribution in [-0.2, 0) is 11.3 Å². The average Bonchev–Trinajstić information content (AvgIpc) is 2.78. The summed E-state index contributed by atoms with van der Waals surface area (Å²) in [5.41, 5.74) is 1.97. The zero-order valence-corrected chi connectivity index (χ0v) is 11.6. The van der Waals surface area contributed by atoms with Crippen LogP contribution in [0.1, 0.15) is 12.0 Å². The quantitative estimate of drug-likeness (QED) is 0.805. The molecule has 0 saturated heterocycles. The van der Waals surface area contributed by atoms with Crippen molar-refractivity contribution in [3.8, 4) is 6.07 Å². The molecule has 5 nitrogen and oxygen atoms in total. The monoisotopic (exact) mass is 299 g/mol. The van der Waals surface area contributed by atoms with Crippen molar-refractivity contribution in [1.82, 2.24) is 9.55 Å². The molecular formula is C15H10ClN3O2. The van der Waals surface area contributed by atoms with Crippen LogP contribution in [0.3, 0.4) is 0 Å². The molecule has 1 aromatic carbocycles. The molecule has 21 heavy (non-hydrogen) atoms. The molecule has 104 valence electrons. The Morgan fingerprint density at radius 1 is 1.38 bits per heavy atom. The fourth-order valence-electron chi connectivity index (χ4n) is 2.54. The largest absolute Gasteiger partial charge is 0.481 e. The van der Waals surface area contributed by atoms with Gasteiger partial charge in [0, 0.05) is 40.3 Å². The second-order valence-corrected chi connectivity index (χ2v) is 5.09. The van der Waals surface area contributed by atoms with Gasteiger partial charge in [-0.25, -0.2) is 0 Å². The van der Waals surface area contributed by atoms with Crippen LogP contribution in [0.5, 0.6) is 0 Å². The lowest BCUT2D eigenvalue weighted by Crippen LogP contribution is -2.05. The third-order valence-electron chi connectivity index (χ3n) is 3.40. The predicted molar refractivity (Wildman–Crippen MR) is 79.2 cm³/mol. The smallest absolute Gasteiger partial charge is 0.305 e. The van der Waals surface area contributed by atoms with Crippen LogP contribution in [0, 0.1) is 11.3 Å². The topological polar surface area (TPSA) is 78.9 Å². The highest BCUT2D eigenvalue weighted by Gasteiger charge is 2.15. The Labute approximate surface area is 125 Å². The standard InChI is InChI=1S/C15H10ClN3O2/c16-10-1-2-13-11(5-10)12-8-18-7-9(6-17)15(12)19(13)4-3-14(20)21/h1-2,5,7-8H,3-4H2,(H,20,21). The zero-order valence-electron chi connectivity index (χ0n) is 10.9. The fourth-order valence-corrected chi connectivity index (χ4v) is 2.72. The van der Waals surface area contributed by atoms with Gasteiger partial charge in [0.05, 0.1) is 17.5 Å². The third-order valence-corrected chi connectivity index (χ3v) is 3.63. The first-order valence-electron chi connectivity index (χ1n) is 6.29. The average molecular weight is 300 g/mol. The summed E-state index contributed by atoms with van der Waals surface area (Å²) in [6.07, 6.45) is 3.14. The number of fused-ring (bicyclic) bond motifs is 3. The van der Waals surface area contributed by atoms with E-state index in [0.717, 1.165) is 16.3 Å². The Balaban J connectivity index is 2.39. The van der Waals surface area contributed by atoms with Crippen LogP contribution in [0.4, 0.5) is 0 Å². The molecule has 0 saturated carbocycles. The van der Waals surface area contributed by atoms with Gasteiger partial charge in [-0.1, -0.05) is 11.6 Å². The van der Waals surface area contributed by atoms with E-state index in [4.69, 9.17) is 16.7 Å². The van der Waals surface area contributed by atoms with E-state index in [1.165, 1.54) is 6.20 Å². The van der Waals surface area contributed by atoms with E-state index in [9.17, 15) is 10.1 Å². The minimum absolute atomic E-state index is 0.0191. The second-order valence-electron chi connectivity index (χ2n) is 4.65. The minimum atomic E-state index is -0.883. The van der Waals surface area contributed by atoms with Crippen molar-refractivity contribution in [3.63, 3.8) is 0 Å². The Hall–Kier alpha value is -2.58. The highest BCUT2D eigenvalue weighted by molar-refractivity contribution is 6.31. The van der Waals surface area contributed by atoms with E-state index in [1.807, 2.05) is 10.6 Å². The third kappa shape index (κ3) is 2.20. The van der Waals surface area contributed by atoms with Gasteiger partial charge in [-0.05, 0) is 18.2 Å². The van der Waals surface area contributed by atoms with Crippen LogP contribution in [0.25, 0.3) is 21.8 Å². The van der Waals surface area contributed by atoms with Crippen molar-refractivity contribution in [2.24, 2.45) is 0 Å². The summed E-state index contributed by atoms with van der Waals surface area (Å²) in [5, 5.41) is 20.4. The molecule has 2 heterocycles. The van der Waals surface area contributed by atoms with Gasteiger partial charge in [0.2, 0.25) is 0 Å². The molecule has 0 atom stereocenters. The van der Waals surface area contributed by atoms with E-state index in [-0.39, 0.29) is 13.0 Å². The number of aryl methyl sites for hydroxylation is 1. The van der Waals surface area contributed by atoms with Crippen molar-refractivity contribution in [2.45, 2.75) is 13.0 Å². The fraction of sp³-hybridized carbons (Fsp3) is 0.133. The summed E-state index contributed by atoms with van der Waals surface area (Å²) in [5.74, 6) is -0.883. The van der Waals surface area contributed by atoms with Crippen molar-refractivity contribution >= 4 is 39.4 Å². The van der Waals surface area contributed by atoms with Gasteiger partial charge in [-0.15, -0.1) is 0 Å². The van der Waals surface area contributed by atoms with E-state index in [0.29, 0.717) is 16.1 Å². The Kier molecular flexibility index (Phi) is 3.24. The molecule has 6 heteroatoms. The van der Waals surface area contributed by atoms with E-state index in [1.54, 1.807) is 18.3 Å². The maximum absolute atomic E-state index is 10.9. The molecule has 3 rings (SSSR count). The van der Waals surface area contributed by atoms with Gasteiger partial charge < -0.3 is 9.67 Å². The lowest BCUT2D eigenvalue weighted by atomic mass is 10.1. The van der Waals surface area contributed by atoms with Crippen LogP contribution in [0.15, 0.2) is 30.6 Å². The minimum Gasteiger partial charge on any atom is -0.481 e. The number of pyridine rings is 1. The first kappa shape index (κ1) is 13.4. The van der Waals surface area contributed by atoms with Gasteiger partial charge in [0.15, 0.2) is 0 Å². The summed E-state index contributed by atoms with van der Waals surface area (Å²) in [6, 6.07) is 7.50. The van der Waals surface area contributed by atoms with Crippen LogP contribution in [0.2, 0.25) is 5.02 Å². The molecule has 2 aromatic heterocycles. The van der Waals surface area contributed by atoms with Crippen molar-refractivity contribution in [1.29, 1.82) is 5.26 Å². The number of carboxylic acid groups (broad SMARTS) is 1. The summed E-state index contributed by atoms with van der Waals surface area (Å²) < 4.78 is 1.84. The number of hydrogen-bond donors (Lipinski definition) is 1.